The maximum absolute atomic E-state index is 11.6. The average molecular weight is 300 g/mol. The van der Waals surface area contributed by atoms with Crippen LogP contribution in [0.25, 0.3) is 0 Å². The Hall–Kier alpha value is -0.770. The van der Waals surface area contributed by atoms with Crippen LogP contribution < -0.4 is 10.3 Å². The summed E-state index contributed by atoms with van der Waals surface area (Å²) in [7, 11) is 1.74. The van der Waals surface area contributed by atoms with Crippen LogP contribution >= 0.6 is 15.9 Å². The van der Waals surface area contributed by atoms with Gasteiger partial charge in [0, 0.05) is 19.3 Å². The second kappa shape index (κ2) is 4.84. The van der Waals surface area contributed by atoms with Crippen molar-refractivity contribution in [2.45, 2.75) is 44.6 Å². The standard InChI is InChI=1S/C13H18BrNO2/c1-13(6-4-3-5-7-13)17-11-8-12(16)15(2)9-10(11)14/h8-9H,3-7H2,1-2H3. The highest BCUT2D eigenvalue weighted by molar-refractivity contribution is 9.10. The van der Waals surface area contributed by atoms with Crippen molar-refractivity contribution < 1.29 is 4.74 Å². The number of halogens is 1. The Morgan fingerprint density at radius 1 is 1.35 bits per heavy atom. The summed E-state index contributed by atoms with van der Waals surface area (Å²) >= 11 is 3.45. The Kier molecular flexibility index (Phi) is 3.61. The molecule has 0 spiro atoms. The molecule has 0 saturated heterocycles. The lowest BCUT2D eigenvalue weighted by Crippen LogP contribution is -2.35. The third-order valence-electron chi connectivity index (χ3n) is 3.41. The molecule has 0 aromatic carbocycles. The summed E-state index contributed by atoms with van der Waals surface area (Å²) in [6, 6.07) is 1.56. The average Bonchev–Trinajstić information content (AvgIpc) is 2.26. The van der Waals surface area contributed by atoms with Gasteiger partial charge in [-0.3, -0.25) is 4.79 Å². The summed E-state index contributed by atoms with van der Waals surface area (Å²) in [4.78, 5) is 11.6. The second-order valence-corrected chi connectivity index (χ2v) is 5.90. The zero-order valence-electron chi connectivity index (χ0n) is 10.3. The van der Waals surface area contributed by atoms with Gasteiger partial charge in [-0.2, -0.15) is 0 Å². The SMILES string of the molecule is Cn1cc(Br)c(OC2(C)CCCCC2)cc1=O. The van der Waals surface area contributed by atoms with Crippen molar-refractivity contribution in [3.8, 4) is 5.75 Å². The quantitative estimate of drug-likeness (QED) is 0.839. The van der Waals surface area contributed by atoms with Crippen LogP contribution in [0.2, 0.25) is 0 Å². The lowest BCUT2D eigenvalue weighted by molar-refractivity contribution is 0.0477. The van der Waals surface area contributed by atoms with Crippen molar-refractivity contribution in [1.29, 1.82) is 0 Å². The molecule has 1 heterocycles. The van der Waals surface area contributed by atoms with E-state index >= 15 is 0 Å². The van der Waals surface area contributed by atoms with Crippen LogP contribution in [0.3, 0.4) is 0 Å². The minimum absolute atomic E-state index is 0.0393. The van der Waals surface area contributed by atoms with E-state index in [1.54, 1.807) is 23.9 Å². The molecule has 17 heavy (non-hydrogen) atoms. The van der Waals surface area contributed by atoms with Gasteiger partial charge in [-0.25, -0.2) is 0 Å². The van der Waals surface area contributed by atoms with Crippen LogP contribution in [-0.4, -0.2) is 10.2 Å². The molecule has 1 saturated carbocycles. The van der Waals surface area contributed by atoms with Gasteiger partial charge in [0.1, 0.15) is 11.4 Å². The van der Waals surface area contributed by atoms with Gasteiger partial charge in [0.15, 0.2) is 0 Å². The molecule has 0 atom stereocenters. The van der Waals surface area contributed by atoms with Gasteiger partial charge in [0.25, 0.3) is 5.56 Å². The van der Waals surface area contributed by atoms with Crippen LogP contribution in [0, 0.1) is 0 Å². The summed E-state index contributed by atoms with van der Waals surface area (Å²) in [6.45, 7) is 2.13. The number of rotatable bonds is 2. The molecule has 2 rings (SSSR count). The van der Waals surface area contributed by atoms with E-state index in [4.69, 9.17) is 4.74 Å². The minimum Gasteiger partial charge on any atom is -0.486 e. The predicted molar refractivity (Wildman–Crippen MR) is 71.5 cm³/mol. The first kappa shape index (κ1) is 12.7. The molecule has 0 radical (unpaired) electrons. The first-order chi connectivity index (χ1) is 8.00. The van der Waals surface area contributed by atoms with Crippen LogP contribution in [0.5, 0.6) is 5.75 Å². The molecule has 1 aromatic heterocycles. The maximum Gasteiger partial charge on any atom is 0.254 e. The number of pyridine rings is 1. The lowest BCUT2D eigenvalue weighted by atomic mass is 9.86. The number of hydrogen-bond acceptors (Lipinski definition) is 2. The van der Waals surface area contributed by atoms with Gasteiger partial charge in [-0.1, -0.05) is 6.42 Å². The van der Waals surface area contributed by atoms with Crippen LogP contribution in [0.4, 0.5) is 0 Å². The van der Waals surface area contributed by atoms with Crippen molar-refractivity contribution in [3.05, 3.63) is 27.1 Å². The Labute approximate surface area is 110 Å². The maximum atomic E-state index is 11.6. The topological polar surface area (TPSA) is 31.2 Å². The number of hydrogen-bond donors (Lipinski definition) is 0. The minimum atomic E-state index is -0.118. The molecule has 94 valence electrons. The summed E-state index contributed by atoms with van der Waals surface area (Å²) in [6.07, 6.45) is 7.59. The van der Waals surface area contributed by atoms with E-state index in [0.29, 0.717) is 5.75 Å². The molecule has 0 bridgehead atoms. The highest BCUT2D eigenvalue weighted by atomic mass is 79.9. The molecular formula is C13H18BrNO2. The molecule has 1 aliphatic rings. The molecule has 0 amide bonds. The Morgan fingerprint density at radius 2 is 2.00 bits per heavy atom. The fourth-order valence-electron chi connectivity index (χ4n) is 2.33. The Morgan fingerprint density at radius 3 is 2.65 bits per heavy atom. The van der Waals surface area contributed by atoms with Gasteiger partial charge >= 0.3 is 0 Å². The number of aryl methyl sites for hydroxylation is 1. The van der Waals surface area contributed by atoms with Crippen LogP contribution in [0.15, 0.2) is 21.5 Å². The first-order valence-corrected chi connectivity index (χ1v) is 6.85. The van der Waals surface area contributed by atoms with Gasteiger partial charge in [-0.15, -0.1) is 0 Å². The third-order valence-corrected chi connectivity index (χ3v) is 4.01. The molecule has 0 N–H and O–H groups in total. The summed E-state index contributed by atoms with van der Waals surface area (Å²) < 4.78 is 8.43. The molecular weight excluding hydrogens is 282 g/mol. The van der Waals surface area contributed by atoms with Gasteiger partial charge in [-0.05, 0) is 48.5 Å². The molecule has 1 aromatic rings. The zero-order chi connectivity index (χ0) is 12.5. The molecule has 0 aliphatic heterocycles. The largest absolute Gasteiger partial charge is 0.486 e. The normalized spacial score (nSPS) is 19.0. The molecule has 3 nitrogen and oxygen atoms in total. The fourth-order valence-corrected chi connectivity index (χ4v) is 2.83. The van der Waals surface area contributed by atoms with Gasteiger partial charge < -0.3 is 9.30 Å². The van der Waals surface area contributed by atoms with Crippen molar-refractivity contribution in [3.63, 3.8) is 0 Å². The summed E-state index contributed by atoms with van der Waals surface area (Å²) in [5.74, 6) is 0.664. The van der Waals surface area contributed by atoms with Crippen molar-refractivity contribution in [2.75, 3.05) is 0 Å². The predicted octanol–water partition coefficient (Wildman–Crippen LogP) is 3.25. The van der Waals surface area contributed by atoms with Crippen molar-refractivity contribution >= 4 is 15.9 Å². The molecule has 1 aliphatic carbocycles. The number of ether oxygens (including phenoxy) is 1. The van der Waals surface area contributed by atoms with E-state index in [9.17, 15) is 4.79 Å². The highest BCUT2D eigenvalue weighted by Gasteiger charge is 2.29. The van der Waals surface area contributed by atoms with Gasteiger partial charge in [0.05, 0.1) is 4.47 Å². The first-order valence-electron chi connectivity index (χ1n) is 6.05. The lowest BCUT2D eigenvalue weighted by Gasteiger charge is -2.34. The second-order valence-electron chi connectivity index (χ2n) is 5.05. The Balaban J connectivity index is 2.23. The smallest absolute Gasteiger partial charge is 0.254 e. The van der Waals surface area contributed by atoms with Crippen molar-refractivity contribution in [1.82, 2.24) is 4.57 Å². The molecule has 0 unspecified atom stereocenters. The molecule has 4 heteroatoms. The van der Waals surface area contributed by atoms with Crippen molar-refractivity contribution in [2.24, 2.45) is 7.05 Å². The highest BCUT2D eigenvalue weighted by Crippen LogP contribution is 2.34. The monoisotopic (exact) mass is 299 g/mol. The van der Waals surface area contributed by atoms with Gasteiger partial charge in [0.2, 0.25) is 0 Å². The van der Waals surface area contributed by atoms with E-state index in [2.05, 4.69) is 22.9 Å². The van der Waals surface area contributed by atoms with E-state index in [1.165, 1.54) is 19.3 Å². The molecule has 1 fully saturated rings. The third kappa shape index (κ3) is 2.92. The van der Waals surface area contributed by atoms with Crippen LogP contribution in [-0.2, 0) is 7.05 Å². The fraction of sp³-hybridized carbons (Fsp3) is 0.615. The number of aromatic nitrogens is 1. The van der Waals surface area contributed by atoms with E-state index < -0.39 is 0 Å². The summed E-state index contributed by atoms with van der Waals surface area (Å²) in [5.41, 5.74) is -0.157. The Bertz CT molecular complexity index is 461. The van der Waals surface area contributed by atoms with E-state index in [-0.39, 0.29) is 11.2 Å². The zero-order valence-corrected chi connectivity index (χ0v) is 11.9. The number of nitrogens with zero attached hydrogens (tertiary/aromatic N) is 1. The van der Waals surface area contributed by atoms with E-state index in [1.807, 2.05) is 0 Å². The van der Waals surface area contributed by atoms with E-state index in [0.717, 1.165) is 17.3 Å². The summed E-state index contributed by atoms with van der Waals surface area (Å²) in [5, 5.41) is 0. The van der Waals surface area contributed by atoms with Crippen LogP contribution in [0.1, 0.15) is 39.0 Å².